The fraction of sp³-hybridized carbons (Fsp3) is 0.467. The van der Waals surface area contributed by atoms with Crippen LogP contribution in [0.1, 0.15) is 24.3 Å². The number of nitrogens with zero attached hydrogens (tertiary/aromatic N) is 1. The number of benzene rings is 1. The Morgan fingerprint density at radius 1 is 1.24 bits per heavy atom. The summed E-state index contributed by atoms with van der Waals surface area (Å²) in [7, 11) is 0. The Labute approximate surface area is 120 Å². The molecule has 6 heteroatoms. The van der Waals surface area contributed by atoms with Crippen molar-refractivity contribution in [2.24, 2.45) is 11.8 Å². The lowest BCUT2D eigenvalue weighted by Gasteiger charge is -2.16. The summed E-state index contributed by atoms with van der Waals surface area (Å²) in [6.45, 7) is 0.593. The second kappa shape index (κ2) is 5.09. The zero-order valence-electron chi connectivity index (χ0n) is 11.3. The number of hydrogen-bond acceptors (Lipinski definition) is 2. The molecular formula is C15H15F2NO3. The van der Waals surface area contributed by atoms with Crippen LogP contribution in [0.5, 0.6) is 0 Å². The molecule has 1 heterocycles. The fourth-order valence-electron chi connectivity index (χ4n) is 3.05. The molecule has 1 saturated heterocycles. The molecule has 0 spiro atoms. The predicted molar refractivity (Wildman–Crippen MR) is 69.5 cm³/mol. The van der Waals surface area contributed by atoms with E-state index in [0.717, 1.165) is 0 Å². The van der Waals surface area contributed by atoms with E-state index >= 15 is 0 Å². The van der Waals surface area contributed by atoms with Crippen LogP contribution >= 0.6 is 0 Å². The Morgan fingerprint density at radius 2 is 1.90 bits per heavy atom. The molecule has 0 bridgehead atoms. The van der Waals surface area contributed by atoms with E-state index in [1.165, 1.54) is 23.1 Å². The van der Waals surface area contributed by atoms with E-state index in [-0.39, 0.29) is 18.0 Å². The molecule has 1 aromatic rings. The van der Waals surface area contributed by atoms with Crippen LogP contribution in [0.25, 0.3) is 0 Å². The number of likely N-dealkylation sites (tertiary alicyclic amines) is 1. The molecule has 1 aliphatic carbocycles. The Kier molecular flexibility index (Phi) is 3.39. The minimum Gasteiger partial charge on any atom is -0.481 e. The van der Waals surface area contributed by atoms with Crippen LogP contribution in [0.15, 0.2) is 18.2 Å². The van der Waals surface area contributed by atoms with Crippen LogP contribution in [-0.2, 0) is 9.59 Å². The third-order valence-electron chi connectivity index (χ3n) is 4.33. The van der Waals surface area contributed by atoms with Crippen molar-refractivity contribution in [1.82, 2.24) is 4.90 Å². The molecule has 2 fully saturated rings. The van der Waals surface area contributed by atoms with Crippen molar-refractivity contribution in [1.29, 1.82) is 0 Å². The average Bonchev–Trinajstić information content (AvgIpc) is 3.03. The number of rotatable bonds is 3. The van der Waals surface area contributed by atoms with Gasteiger partial charge >= 0.3 is 5.97 Å². The van der Waals surface area contributed by atoms with E-state index in [9.17, 15) is 18.4 Å². The summed E-state index contributed by atoms with van der Waals surface area (Å²) in [4.78, 5) is 24.7. The molecule has 2 aliphatic rings. The lowest BCUT2D eigenvalue weighted by Crippen LogP contribution is -2.31. The van der Waals surface area contributed by atoms with Gasteiger partial charge in [-0.2, -0.15) is 0 Å². The number of carbonyl (C=O) groups excluding carboxylic acids is 1. The highest BCUT2D eigenvalue weighted by atomic mass is 19.1. The van der Waals surface area contributed by atoms with Crippen LogP contribution < -0.4 is 0 Å². The molecule has 0 aromatic heterocycles. The van der Waals surface area contributed by atoms with Crippen LogP contribution in [0.4, 0.5) is 8.78 Å². The van der Waals surface area contributed by atoms with Crippen molar-refractivity contribution in [3.05, 3.63) is 35.4 Å². The molecule has 112 valence electrons. The Balaban J connectivity index is 1.68. The summed E-state index contributed by atoms with van der Waals surface area (Å²) in [5.74, 6) is -3.73. The van der Waals surface area contributed by atoms with Gasteiger partial charge in [-0.15, -0.1) is 0 Å². The van der Waals surface area contributed by atoms with Gasteiger partial charge in [0.15, 0.2) is 0 Å². The van der Waals surface area contributed by atoms with Gasteiger partial charge in [-0.3, -0.25) is 9.59 Å². The van der Waals surface area contributed by atoms with Crippen molar-refractivity contribution >= 4 is 11.9 Å². The number of carbonyl (C=O) groups is 2. The summed E-state index contributed by atoms with van der Waals surface area (Å²) in [6, 6.07) is 3.68. The molecule has 1 saturated carbocycles. The first-order valence-corrected chi connectivity index (χ1v) is 6.94. The number of amides is 1. The molecule has 3 atom stereocenters. The number of aliphatic carboxylic acids is 1. The summed E-state index contributed by atoms with van der Waals surface area (Å²) in [6.07, 6.45) is 0.859. The maximum absolute atomic E-state index is 13.7. The third kappa shape index (κ3) is 2.50. The molecule has 3 rings (SSSR count). The van der Waals surface area contributed by atoms with E-state index in [1.807, 2.05) is 0 Å². The zero-order chi connectivity index (χ0) is 15.1. The average molecular weight is 295 g/mol. The molecule has 4 nitrogen and oxygen atoms in total. The number of hydrogen-bond donors (Lipinski definition) is 1. The summed E-state index contributed by atoms with van der Waals surface area (Å²) in [5.41, 5.74) is -0.0233. The van der Waals surface area contributed by atoms with E-state index in [4.69, 9.17) is 5.11 Å². The topological polar surface area (TPSA) is 57.6 Å². The van der Waals surface area contributed by atoms with Crippen LogP contribution in [-0.4, -0.2) is 35.0 Å². The Bertz CT molecular complexity index is 584. The molecular weight excluding hydrogens is 280 g/mol. The van der Waals surface area contributed by atoms with E-state index in [2.05, 4.69) is 0 Å². The molecule has 0 unspecified atom stereocenters. The first kappa shape index (κ1) is 14.0. The molecule has 1 amide bonds. The van der Waals surface area contributed by atoms with Crippen LogP contribution in [0.2, 0.25) is 0 Å². The van der Waals surface area contributed by atoms with Gasteiger partial charge in [0.1, 0.15) is 11.6 Å². The van der Waals surface area contributed by atoms with Gasteiger partial charge in [0.2, 0.25) is 5.91 Å². The van der Waals surface area contributed by atoms with Gasteiger partial charge in [-0.05, 0) is 25.0 Å². The summed E-state index contributed by atoms with van der Waals surface area (Å²) < 4.78 is 27.4. The van der Waals surface area contributed by atoms with Gasteiger partial charge < -0.3 is 10.0 Å². The highest BCUT2D eigenvalue weighted by Gasteiger charge is 2.49. The fourth-order valence-corrected chi connectivity index (χ4v) is 3.05. The predicted octanol–water partition coefficient (Wildman–Crippen LogP) is 2.00. The normalized spacial score (nSPS) is 27.7. The van der Waals surface area contributed by atoms with E-state index < -0.39 is 35.4 Å². The van der Waals surface area contributed by atoms with Crippen molar-refractivity contribution in [3.63, 3.8) is 0 Å². The van der Waals surface area contributed by atoms with Crippen molar-refractivity contribution < 1.29 is 23.5 Å². The molecule has 21 heavy (non-hydrogen) atoms. The first-order valence-electron chi connectivity index (χ1n) is 6.94. The molecule has 1 aromatic carbocycles. The van der Waals surface area contributed by atoms with Gasteiger partial charge in [-0.1, -0.05) is 6.07 Å². The van der Waals surface area contributed by atoms with Crippen molar-refractivity contribution in [2.45, 2.75) is 18.8 Å². The second-order valence-electron chi connectivity index (χ2n) is 5.69. The highest BCUT2D eigenvalue weighted by molar-refractivity contribution is 5.84. The standard InChI is InChI=1S/C15H15F2NO3/c16-11-2-1-3-12(17)13(11)9-6-10(9)14(19)18-5-4-8(7-18)15(20)21/h1-3,8-10H,4-7H2,(H,20,21)/t8-,9+,10-/m1/s1. The Hall–Kier alpha value is -1.98. The zero-order valence-corrected chi connectivity index (χ0v) is 11.3. The minimum absolute atomic E-state index is 0.0233. The largest absolute Gasteiger partial charge is 0.481 e. The molecule has 1 aliphatic heterocycles. The first-order chi connectivity index (χ1) is 9.99. The quantitative estimate of drug-likeness (QED) is 0.928. The van der Waals surface area contributed by atoms with E-state index in [0.29, 0.717) is 19.4 Å². The van der Waals surface area contributed by atoms with Crippen LogP contribution in [0, 0.1) is 23.5 Å². The number of halogens is 2. The number of carboxylic acids is 1. The Morgan fingerprint density at radius 3 is 2.48 bits per heavy atom. The van der Waals surface area contributed by atoms with Crippen molar-refractivity contribution in [3.8, 4) is 0 Å². The lowest BCUT2D eigenvalue weighted by atomic mass is 10.1. The maximum Gasteiger partial charge on any atom is 0.308 e. The van der Waals surface area contributed by atoms with Crippen molar-refractivity contribution in [2.75, 3.05) is 13.1 Å². The third-order valence-corrected chi connectivity index (χ3v) is 4.33. The SMILES string of the molecule is O=C(O)[C@@H]1CCN(C(=O)[C@@H]2C[C@@H]2c2c(F)cccc2F)C1. The van der Waals surface area contributed by atoms with Gasteiger partial charge in [0.05, 0.1) is 5.92 Å². The van der Waals surface area contributed by atoms with Crippen LogP contribution in [0.3, 0.4) is 0 Å². The number of carboxylic acid groups (broad SMARTS) is 1. The molecule has 0 radical (unpaired) electrons. The molecule has 1 N–H and O–H groups in total. The van der Waals surface area contributed by atoms with Gasteiger partial charge in [0, 0.05) is 30.5 Å². The maximum atomic E-state index is 13.7. The monoisotopic (exact) mass is 295 g/mol. The minimum atomic E-state index is -0.905. The van der Waals surface area contributed by atoms with E-state index in [1.54, 1.807) is 0 Å². The lowest BCUT2D eigenvalue weighted by molar-refractivity contribution is -0.141. The van der Waals surface area contributed by atoms with Gasteiger partial charge in [0.25, 0.3) is 0 Å². The highest BCUT2D eigenvalue weighted by Crippen LogP contribution is 2.50. The summed E-state index contributed by atoms with van der Waals surface area (Å²) >= 11 is 0. The summed E-state index contributed by atoms with van der Waals surface area (Å²) in [5, 5.41) is 8.93. The smallest absolute Gasteiger partial charge is 0.308 e. The van der Waals surface area contributed by atoms with Gasteiger partial charge in [-0.25, -0.2) is 8.78 Å². The second-order valence-corrected chi connectivity index (χ2v) is 5.69.